The fourth-order valence-electron chi connectivity index (χ4n) is 2.35. The minimum Gasteiger partial charge on any atom is -0.443 e. The number of esters is 1. The first-order chi connectivity index (χ1) is 8.47. The SMILES string of the molecule is CC(=O)O[C@]1(C(C)=O)CCc2ccccc2C1=O. The van der Waals surface area contributed by atoms with Crippen molar-refractivity contribution < 1.29 is 19.1 Å². The van der Waals surface area contributed by atoms with Crippen LogP contribution < -0.4 is 0 Å². The molecule has 94 valence electrons. The van der Waals surface area contributed by atoms with Gasteiger partial charge in [-0.25, -0.2) is 0 Å². The molecule has 0 aliphatic heterocycles. The maximum Gasteiger partial charge on any atom is 0.304 e. The van der Waals surface area contributed by atoms with Crippen molar-refractivity contribution in [1.29, 1.82) is 0 Å². The average Bonchev–Trinajstić information content (AvgIpc) is 2.32. The Kier molecular flexibility index (Phi) is 3.03. The van der Waals surface area contributed by atoms with Crippen LogP contribution >= 0.6 is 0 Å². The number of ketones is 2. The van der Waals surface area contributed by atoms with Crippen molar-refractivity contribution in [3.63, 3.8) is 0 Å². The fourth-order valence-corrected chi connectivity index (χ4v) is 2.35. The molecule has 1 aliphatic rings. The molecule has 1 aromatic rings. The van der Waals surface area contributed by atoms with Gasteiger partial charge in [-0.1, -0.05) is 24.3 Å². The van der Waals surface area contributed by atoms with Gasteiger partial charge in [-0.15, -0.1) is 0 Å². The van der Waals surface area contributed by atoms with Gasteiger partial charge in [-0.2, -0.15) is 0 Å². The predicted octanol–water partition coefficient (Wildman–Crippen LogP) is 1.71. The molecule has 1 aliphatic carbocycles. The summed E-state index contributed by atoms with van der Waals surface area (Å²) in [4.78, 5) is 35.3. The van der Waals surface area contributed by atoms with Crippen LogP contribution in [0.1, 0.15) is 36.2 Å². The lowest BCUT2D eigenvalue weighted by Crippen LogP contribution is -2.51. The first-order valence-electron chi connectivity index (χ1n) is 5.81. The van der Waals surface area contributed by atoms with Crippen LogP contribution in [0.25, 0.3) is 0 Å². The number of carbonyl (C=O) groups excluding carboxylic acids is 3. The lowest BCUT2D eigenvalue weighted by Gasteiger charge is -2.33. The molecule has 0 heterocycles. The molecule has 0 amide bonds. The second kappa shape index (κ2) is 4.37. The van der Waals surface area contributed by atoms with Gasteiger partial charge in [-0.05, 0) is 18.9 Å². The monoisotopic (exact) mass is 246 g/mol. The largest absolute Gasteiger partial charge is 0.443 e. The highest BCUT2D eigenvalue weighted by atomic mass is 16.6. The van der Waals surface area contributed by atoms with E-state index in [1.54, 1.807) is 12.1 Å². The Morgan fingerprint density at radius 3 is 2.50 bits per heavy atom. The maximum atomic E-state index is 12.4. The van der Waals surface area contributed by atoms with Crippen molar-refractivity contribution in [1.82, 2.24) is 0 Å². The molecule has 0 unspecified atom stereocenters. The zero-order valence-corrected chi connectivity index (χ0v) is 10.4. The van der Waals surface area contributed by atoms with E-state index >= 15 is 0 Å². The van der Waals surface area contributed by atoms with Crippen molar-refractivity contribution in [3.8, 4) is 0 Å². The van der Waals surface area contributed by atoms with Crippen LogP contribution in [0, 0.1) is 0 Å². The molecule has 0 bridgehead atoms. The molecule has 0 spiro atoms. The van der Waals surface area contributed by atoms with Crippen molar-refractivity contribution in [2.24, 2.45) is 0 Å². The van der Waals surface area contributed by atoms with Crippen LogP contribution in [0.5, 0.6) is 0 Å². The van der Waals surface area contributed by atoms with Gasteiger partial charge in [-0.3, -0.25) is 14.4 Å². The van der Waals surface area contributed by atoms with Gasteiger partial charge in [0.15, 0.2) is 5.78 Å². The number of hydrogen-bond acceptors (Lipinski definition) is 4. The zero-order chi connectivity index (χ0) is 13.3. The molecular formula is C14H14O4. The minimum absolute atomic E-state index is 0.220. The van der Waals surface area contributed by atoms with Crippen LogP contribution in [0.3, 0.4) is 0 Å². The number of ether oxygens (including phenoxy) is 1. The Bertz CT molecular complexity index is 532. The number of aryl methyl sites for hydroxylation is 1. The smallest absolute Gasteiger partial charge is 0.304 e. The average molecular weight is 246 g/mol. The highest BCUT2D eigenvalue weighted by Crippen LogP contribution is 2.32. The Labute approximate surface area is 105 Å². The van der Waals surface area contributed by atoms with Gasteiger partial charge in [0, 0.05) is 18.9 Å². The van der Waals surface area contributed by atoms with E-state index < -0.39 is 23.1 Å². The first-order valence-corrected chi connectivity index (χ1v) is 5.81. The minimum atomic E-state index is -1.62. The van der Waals surface area contributed by atoms with E-state index in [0.29, 0.717) is 12.0 Å². The van der Waals surface area contributed by atoms with E-state index in [2.05, 4.69) is 0 Å². The van der Waals surface area contributed by atoms with E-state index in [0.717, 1.165) is 5.56 Å². The highest BCUT2D eigenvalue weighted by molar-refractivity contribution is 6.19. The van der Waals surface area contributed by atoms with Crippen molar-refractivity contribution in [3.05, 3.63) is 35.4 Å². The van der Waals surface area contributed by atoms with Crippen LogP contribution in [0.2, 0.25) is 0 Å². The van der Waals surface area contributed by atoms with Crippen molar-refractivity contribution >= 4 is 17.5 Å². The van der Waals surface area contributed by atoms with Gasteiger partial charge < -0.3 is 4.74 Å². The van der Waals surface area contributed by atoms with Gasteiger partial charge >= 0.3 is 5.97 Å². The molecule has 1 atom stereocenters. The van der Waals surface area contributed by atoms with Crippen LogP contribution in [-0.4, -0.2) is 23.1 Å². The molecule has 4 nitrogen and oxygen atoms in total. The Hall–Kier alpha value is -1.97. The van der Waals surface area contributed by atoms with Gasteiger partial charge in [0.25, 0.3) is 0 Å². The van der Waals surface area contributed by atoms with Crippen LogP contribution in [-0.2, 0) is 20.7 Å². The number of rotatable bonds is 2. The lowest BCUT2D eigenvalue weighted by molar-refractivity contribution is -0.160. The second-order valence-corrected chi connectivity index (χ2v) is 4.46. The molecular weight excluding hydrogens is 232 g/mol. The quantitative estimate of drug-likeness (QED) is 0.588. The first kappa shape index (κ1) is 12.5. The second-order valence-electron chi connectivity index (χ2n) is 4.46. The Morgan fingerprint density at radius 1 is 1.22 bits per heavy atom. The molecule has 0 N–H and O–H groups in total. The summed E-state index contributed by atoms with van der Waals surface area (Å²) in [6.45, 7) is 2.49. The summed E-state index contributed by atoms with van der Waals surface area (Å²) in [5, 5.41) is 0. The van der Waals surface area contributed by atoms with E-state index in [4.69, 9.17) is 4.74 Å². The predicted molar refractivity (Wildman–Crippen MR) is 64.3 cm³/mol. The highest BCUT2D eigenvalue weighted by Gasteiger charge is 2.49. The fraction of sp³-hybridized carbons (Fsp3) is 0.357. The molecule has 4 heteroatoms. The van der Waals surface area contributed by atoms with E-state index in [1.807, 2.05) is 12.1 Å². The number of carbonyl (C=O) groups is 3. The molecule has 2 rings (SSSR count). The summed E-state index contributed by atoms with van der Waals surface area (Å²) < 4.78 is 5.07. The normalized spacial score (nSPS) is 22.2. The summed E-state index contributed by atoms with van der Waals surface area (Å²) in [6.07, 6.45) is 0.770. The molecule has 0 radical (unpaired) electrons. The van der Waals surface area contributed by atoms with Gasteiger partial charge in [0.05, 0.1) is 0 Å². The topological polar surface area (TPSA) is 60.4 Å². The zero-order valence-electron chi connectivity index (χ0n) is 10.4. The molecule has 0 aromatic heterocycles. The molecule has 18 heavy (non-hydrogen) atoms. The third-order valence-electron chi connectivity index (χ3n) is 3.26. The van der Waals surface area contributed by atoms with Crippen LogP contribution in [0.15, 0.2) is 24.3 Å². The van der Waals surface area contributed by atoms with Crippen molar-refractivity contribution in [2.75, 3.05) is 0 Å². The number of fused-ring (bicyclic) bond motifs is 1. The Morgan fingerprint density at radius 2 is 1.89 bits per heavy atom. The van der Waals surface area contributed by atoms with E-state index in [-0.39, 0.29) is 6.42 Å². The number of benzene rings is 1. The van der Waals surface area contributed by atoms with Gasteiger partial charge in [0.2, 0.25) is 11.4 Å². The van der Waals surface area contributed by atoms with E-state index in [9.17, 15) is 14.4 Å². The molecule has 0 saturated heterocycles. The van der Waals surface area contributed by atoms with E-state index in [1.165, 1.54) is 13.8 Å². The number of Topliss-reactive ketones (excluding diaryl/α,β-unsaturated/α-hetero) is 2. The summed E-state index contributed by atoms with van der Waals surface area (Å²) in [5.41, 5.74) is -0.257. The molecule has 0 saturated carbocycles. The number of hydrogen-bond donors (Lipinski definition) is 0. The maximum absolute atomic E-state index is 12.4. The van der Waals surface area contributed by atoms with Crippen LogP contribution in [0.4, 0.5) is 0 Å². The molecule has 0 fully saturated rings. The summed E-state index contributed by atoms with van der Waals surface area (Å²) in [7, 11) is 0. The lowest BCUT2D eigenvalue weighted by atomic mass is 9.77. The van der Waals surface area contributed by atoms with Gasteiger partial charge in [0.1, 0.15) is 0 Å². The summed E-state index contributed by atoms with van der Waals surface area (Å²) in [5.74, 6) is -1.44. The third-order valence-corrected chi connectivity index (χ3v) is 3.26. The summed E-state index contributed by atoms with van der Waals surface area (Å²) in [6, 6.07) is 7.10. The standard InChI is InChI=1S/C14H14O4/c1-9(15)14(18-10(2)16)8-7-11-5-3-4-6-12(11)13(14)17/h3-6H,7-8H2,1-2H3/t14-/m0/s1. The third kappa shape index (κ3) is 1.83. The molecule has 1 aromatic carbocycles. The van der Waals surface area contributed by atoms with Crippen molar-refractivity contribution in [2.45, 2.75) is 32.3 Å². The summed E-state index contributed by atoms with van der Waals surface area (Å²) >= 11 is 0. The Balaban J connectivity index is 2.50.